The second kappa shape index (κ2) is 4.65. The Morgan fingerprint density at radius 2 is 1.90 bits per heavy atom. The van der Waals surface area contributed by atoms with Gasteiger partial charge in [0, 0.05) is 17.4 Å². The first kappa shape index (κ1) is 12.2. The van der Waals surface area contributed by atoms with E-state index in [4.69, 9.17) is 20.9 Å². The van der Waals surface area contributed by atoms with Gasteiger partial charge in [-0.25, -0.2) is 0 Å². The Morgan fingerprint density at radius 1 is 1.10 bits per heavy atom. The quantitative estimate of drug-likeness (QED) is 0.740. The normalized spacial score (nSPS) is 12.2. The Morgan fingerprint density at radius 3 is 2.70 bits per heavy atom. The molecule has 20 heavy (non-hydrogen) atoms. The van der Waals surface area contributed by atoms with Crippen molar-refractivity contribution in [1.29, 1.82) is 0 Å². The van der Waals surface area contributed by atoms with Crippen molar-refractivity contribution in [2.24, 2.45) is 5.73 Å². The van der Waals surface area contributed by atoms with Crippen LogP contribution in [0.25, 0.3) is 0 Å². The molecule has 0 saturated carbocycles. The largest absolute Gasteiger partial charge is 0.454 e. The van der Waals surface area contributed by atoms with E-state index in [0.29, 0.717) is 28.4 Å². The van der Waals surface area contributed by atoms with Crippen LogP contribution in [0, 0.1) is 0 Å². The molecule has 0 bridgehead atoms. The Balaban J connectivity index is 1.93. The molecule has 0 aromatic heterocycles. The summed E-state index contributed by atoms with van der Waals surface area (Å²) in [7, 11) is 0. The van der Waals surface area contributed by atoms with E-state index in [1.165, 1.54) is 6.07 Å². The lowest BCUT2D eigenvalue weighted by molar-refractivity contribution is 0.100. The number of nitrogens with two attached hydrogens (primary N) is 2. The lowest BCUT2D eigenvalue weighted by atomic mass is 10.1. The first-order chi connectivity index (χ1) is 9.63. The Labute approximate surface area is 115 Å². The number of carbonyl (C=O) groups is 1. The molecule has 3 rings (SSSR count). The first-order valence-electron chi connectivity index (χ1n) is 5.99. The minimum atomic E-state index is -0.541. The summed E-state index contributed by atoms with van der Waals surface area (Å²) >= 11 is 0. The van der Waals surface area contributed by atoms with E-state index in [0.717, 1.165) is 5.69 Å². The number of nitrogens with one attached hydrogen (secondary N) is 1. The van der Waals surface area contributed by atoms with Crippen molar-refractivity contribution in [3.63, 3.8) is 0 Å². The van der Waals surface area contributed by atoms with Crippen molar-refractivity contribution in [1.82, 2.24) is 0 Å². The number of carbonyl (C=O) groups excluding carboxylic acids is 1. The van der Waals surface area contributed by atoms with E-state index < -0.39 is 5.91 Å². The summed E-state index contributed by atoms with van der Waals surface area (Å²) in [5.41, 5.74) is 13.2. The third-order valence-electron chi connectivity index (χ3n) is 2.96. The van der Waals surface area contributed by atoms with Crippen LogP contribution in [0.2, 0.25) is 0 Å². The Bertz CT molecular complexity index is 685. The van der Waals surface area contributed by atoms with E-state index in [1.807, 2.05) is 6.07 Å². The molecule has 6 nitrogen and oxygen atoms in total. The van der Waals surface area contributed by atoms with Crippen LogP contribution in [0.4, 0.5) is 17.1 Å². The molecule has 2 aromatic carbocycles. The molecular weight excluding hydrogens is 258 g/mol. The molecule has 0 radical (unpaired) electrons. The highest BCUT2D eigenvalue weighted by molar-refractivity contribution is 6.00. The van der Waals surface area contributed by atoms with Crippen LogP contribution in [0.1, 0.15) is 10.4 Å². The summed E-state index contributed by atoms with van der Waals surface area (Å²) in [4.78, 5) is 11.4. The third-order valence-corrected chi connectivity index (χ3v) is 2.96. The van der Waals surface area contributed by atoms with Gasteiger partial charge in [-0.15, -0.1) is 0 Å². The Hall–Kier alpha value is -2.89. The zero-order chi connectivity index (χ0) is 14.1. The van der Waals surface area contributed by atoms with Gasteiger partial charge in [-0.1, -0.05) is 0 Å². The summed E-state index contributed by atoms with van der Waals surface area (Å²) in [6.07, 6.45) is 0. The van der Waals surface area contributed by atoms with Gasteiger partial charge < -0.3 is 26.3 Å². The number of nitrogen functional groups attached to an aromatic ring is 1. The van der Waals surface area contributed by atoms with Gasteiger partial charge in [-0.3, -0.25) is 4.79 Å². The number of fused-ring (bicyclic) bond motifs is 1. The van der Waals surface area contributed by atoms with Crippen molar-refractivity contribution >= 4 is 23.0 Å². The molecule has 1 aliphatic heterocycles. The zero-order valence-electron chi connectivity index (χ0n) is 10.6. The van der Waals surface area contributed by atoms with Crippen LogP contribution in [0.3, 0.4) is 0 Å². The number of hydrogen-bond donors (Lipinski definition) is 3. The average molecular weight is 271 g/mol. The maximum Gasteiger partial charge on any atom is 0.250 e. The van der Waals surface area contributed by atoms with Gasteiger partial charge in [0.1, 0.15) is 0 Å². The van der Waals surface area contributed by atoms with Gasteiger partial charge in [-0.2, -0.15) is 0 Å². The van der Waals surface area contributed by atoms with Gasteiger partial charge in [0.05, 0.1) is 11.3 Å². The predicted molar refractivity (Wildman–Crippen MR) is 75.2 cm³/mol. The average Bonchev–Trinajstić information content (AvgIpc) is 2.88. The molecular formula is C14H13N3O3. The molecule has 0 atom stereocenters. The molecule has 2 aromatic rings. The number of rotatable bonds is 3. The van der Waals surface area contributed by atoms with Gasteiger partial charge in [-0.05, 0) is 30.3 Å². The number of hydrogen-bond acceptors (Lipinski definition) is 5. The van der Waals surface area contributed by atoms with Crippen molar-refractivity contribution < 1.29 is 14.3 Å². The topological polar surface area (TPSA) is 99.6 Å². The number of ether oxygens (including phenoxy) is 2. The Kier molecular flexibility index (Phi) is 2.83. The van der Waals surface area contributed by atoms with Crippen LogP contribution >= 0.6 is 0 Å². The highest BCUT2D eigenvalue weighted by atomic mass is 16.7. The fourth-order valence-corrected chi connectivity index (χ4v) is 2.00. The first-order valence-corrected chi connectivity index (χ1v) is 5.99. The fourth-order valence-electron chi connectivity index (χ4n) is 2.00. The lowest BCUT2D eigenvalue weighted by Gasteiger charge is -2.11. The molecule has 0 aliphatic carbocycles. The summed E-state index contributed by atoms with van der Waals surface area (Å²) < 4.78 is 10.5. The molecule has 1 aliphatic rings. The number of anilines is 3. The smallest absolute Gasteiger partial charge is 0.250 e. The van der Waals surface area contributed by atoms with Gasteiger partial charge >= 0.3 is 0 Å². The maximum atomic E-state index is 11.4. The minimum Gasteiger partial charge on any atom is -0.454 e. The summed E-state index contributed by atoms with van der Waals surface area (Å²) in [5, 5.41) is 3.12. The standard InChI is InChI=1S/C14H13N3O3/c15-8-1-3-11(10(5-8)14(16)18)17-9-2-4-12-13(6-9)20-7-19-12/h1-6,17H,7,15H2,(H2,16,18). The summed E-state index contributed by atoms with van der Waals surface area (Å²) in [6.45, 7) is 0.215. The van der Waals surface area contributed by atoms with Crippen molar-refractivity contribution in [2.45, 2.75) is 0 Å². The molecule has 6 heteroatoms. The molecule has 0 saturated heterocycles. The molecule has 1 heterocycles. The predicted octanol–water partition coefficient (Wildman–Crippen LogP) is 1.84. The SMILES string of the molecule is NC(=O)c1cc(N)ccc1Nc1ccc2c(c1)OCO2. The van der Waals surface area contributed by atoms with Crippen LogP contribution < -0.4 is 26.3 Å². The van der Waals surface area contributed by atoms with Gasteiger partial charge in [0.15, 0.2) is 11.5 Å². The second-order valence-corrected chi connectivity index (χ2v) is 4.36. The van der Waals surface area contributed by atoms with Gasteiger partial charge in [0.2, 0.25) is 6.79 Å². The molecule has 1 amide bonds. The van der Waals surface area contributed by atoms with E-state index in [1.54, 1.807) is 24.3 Å². The van der Waals surface area contributed by atoms with Crippen LogP contribution in [0.5, 0.6) is 11.5 Å². The lowest BCUT2D eigenvalue weighted by Crippen LogP contribution is -2.13. The van der Waals surface area contributed by atoms with Crippen LogP contribution in [-0.4, -0.2) is 12.7 Å². The highest BCUT2D eigenvalue weighted by Crippen LogP contribution is 2.35. The number of amides is 1. The molecule has 0 fully saturated rings. The van der Waals surface area contributed by atoms with E-state index in [-0.39, 0.29) is 6.79 Å². The molecule has 102 valence electrons. The molecule has 0 spiro atoms. The van der Waals surface area contributed by atoms with Crippen molar-refractivity contribution in [3.05, 3.63) is 42.0 Å². The van der Waals surface area contributed by atoms with Crippen LogP contribution in [-0.2, 0) is 0 Å². The van der Waals surface area contributed by atoms with E-state index >= 15 is 0 Å². The van der Waals surface area contributed by atoms with E-state index in [2.05, 4.69) is 5.32 Å². The number of primary amides is 1. The van der Waals surface area contributed by atoms with Crippen molar-refractivity contribution in [2.75, 3.05) is 17.8 Å². The third kappa shape index (κ3) is 2.18. The maximum absolute atomic E-state index is 11.4. The zero-order valence-corrected chi connectivity index (χ0v) is 10.6. The minimum absolute atomic E-state index is 0.215. The number of benzene rings is 2. The molecule has 0 unspecified atom stereocenters. The van der Waals surface area contributed by atoms with Gasteiger partial charge in [0.25, 0.3) is 5.91 Å². The fraction of sp³-hybridized carbons (Fsp3) is 0.0714. The van der Waals surface area contributed by atoms with Crippen molar-refractivity contribution in [3.8, 4) is 11.5 Å². The monoisotopic (exact) mass is 271 g/mol. The van der Waals surface area contributed by atoms with E-state index in [9.17, 15) is 4.79 Å². The highest BCUT2D eigenvalue weighted by Gasteiger charge is 2.14. The van der Waals surface area contributed by atoms with Crippen LogP contribution in [0.15, 0.2) is 36.4 Å². The molecule has 5 N–H and O–H groups in total. The summed E-state index contributed by atoms with van der Waals surface area (Å²) in [6, 6.07) is 10.4. The second-order valence-electron chi connectivity index (χ2n) is 4.36. The summed E-state index contributed by atoms with van der Waals surface area (Å²) in [5.74, 6) is 0.814.